The maximum absolute atomic E-state index is 14.3. The molecule has 1 aliphatic carbocycles. The van der Waals surface area contributed by atoms with Crippen LogP contribution < -0.4 is 20.7 Å². The molecule has 0 fully saturated rings. The number of fused-ring (bicyclic) bond motifs is 2. The van der Waals surface area contributed by atoms with E-state index in [1.54, 1.807) is 18.9 Å². The third kappa shape index (κ3) is 7.10. The van der Waals surface area contributed by atoms with Crippen molar-refractivity contribution in [3.05, 3.63) is 64.7 Å². The van der Waals surface area contributed by atoms with Gasteiger partial charge < -0.3 is 25.6 Å². The van der Waals surface area contributed by atoms with Crippen LogP contribution in [0.15, 0.2) is 42.5 Å². The maximum atomic E-state index is 14.3. The molecule has 0 saturated carbocycles. The van der Waals surface area contributed by atoms with Crippen LogP contribution in [-0.4, -0.2) is 53.9 Å². The zero-order valence-electron chi connectivity index (χ0n) is 25.5. The van der Waals surface area contributed by atoms with E-state index in [-0.39, 0.29) is 36.4 Å². The molecule has 0 bridgehead atoms. The van der Waals surface area contributed by atoms with Gasteiger partial charge in [0.25, 0.3) is 0 Å². The van der Waals surface area contributed by atoms with Crippen LogP contribution in [0.2, 0.25) is 0 Å². The number of aryl methyl sites for hydroxylation is 1. The molecule has 222 valence electrons. The van der Waals surface area contributed by atoms with Crippen molar-refractivity contribution in [1.82, 2.24) is 20.9 Å². The van der Waals surface area contributed by atoms with Crippen molar-refractivity contribution in [3.63, 3.8) is 0 Å². The number of likely N-dealkylation sites (N-methyl/N-ethyl adjacent to an activating group) is 1. The van der Waals surface area contributed by atoms with Crippen LogP contribution in [0, 0.1) is 5.41 Å². The first-order valence-corrected chi connectivity index (χ1v) is 14.8. The number of hydrogen-bond donors (Lipinski definition) is 3. The highest BCUT2D eigenvalue weighted by atomic mass is 16.5. The van der Waals surface area contributed by atoms with Crippen molar-refractivity contribution in [3.8, 4) is 5.75 Å². The summed E-state index contributed by atoms with van der Waals surface area (Å²) in [5.74, 6) is 0.0389. The summed E-state index contributed by atoms with van der Waals surface area (Å²) < 4.78 is 5.93. The van der Waals surface area contributed by atoms with E-state index in [4.69, 9.17) is 4.74 Å². The molecule has 4 rings (SSSR count). The van der Waals surface area contributed by atoms with Crippen LogP contribution in [0.5, 0.6) is 5.75 Å². The predicted molar refractivity (Wildman–Crippen MR) is 160 cm³/mol. The number of amides is 3. The van der Waals surface area contributed by atoms with Crippen molar-refractivity contribution >= 4 is 17.7 Å². The van der Waals surface area contributed by atoms with Gasteiger partial charge in [0.1, 0.15) is 17.8 Å². The van der Waals surface area contributed by atoms with E-state index < -0.39 is 23.5 Å². The van der Waals surface area contributed by atoms with Crippen LogP contribution in [0.4, 0.5) is 0 Å². The van der Waals surface area contributed by atoms with Gasteiger partial charge in [-0.1, -0.05) is 51.1 Å². The SMILES string of the molecule is CN[C@@H](C)C(=O)N[C@H](C(=O)N1Cc2cc(OC(C)C)ccc2C[C@H]1C(=O)NC1CCCc2ccccc21)C(C)(C)C. The smallest absolute Gasteiger partial charge is 0.246 e. The van der Waals surface area contributed by atoms with E-state index in [1.165, 1.54) is 5.56 Å². The number of nitrogens with zero attached hydrogens (tertiary/aromatic N) is 1. The number of hydrogen-bond acceptors (Lipinski definition) is 5. The van der Waals surface area contributed by atoms with E-state index in [0.717, 1.165) is 41.7 Å². The van der Waals surface area contributed by atoms with E-state index in [2.05, 4.69) is 28.1 Å². The molecule has 1 heterocycles. The van der Waals surface area contributed by atoms with E-state index in [0.29, 0.717) is 6.42 Å². The lowest BCUT2D eigenvalue weighted by atomic mass is 9.83. The molecule has 1 unspecified atom stereocenters. The highest BCUT2D eigenvalue weighted by Gasteiger charge is 2.43. The number of ether oxygens (including phenoxy) is 1. The summed E-state index contributed by atoms with van der Waals surface area (Å²) in [5, 5.41) is 9.20. The van der Waals surface area contributed by atoms with E-state index >= 15 is 0 Å². The average molecular weight is 563 g/mol. The fourth-order valence-electron chi connectivity index (χ4n) is 5.76. The Kier molecular flexibility index (Phi) is 9.42. The van der Waals surface area contributed by atoms with Gasteiger partial charge in [-0.05, 0) is 86.9 Å². The molecule has 2 aromatic carbocycles. The van der Waals surface area contributed by atoms with Gasteiger partial charge in [0.2, 0.25) is 17.7 Å². The molecule has 8 heteroatoms. The molecule has 2 aromatic rings. The first-order valence-electron chi connectivity index (χ1n) is 14.8. The lowest BCUT2D eigenvalue weighted by molar-refractivity contribution is -0.147. The lowest BCUT2D eigenvalue weighted by Gasteiger charge is -2.42. The predicted octanol–water partition coefficient (Wildman–Crippen LogP) is 4.06. The monoisotopic (exact) mass is 562 g/mol. The molecule has 4 atom stereocenters. The van der Waals surface area contributed by atoms with E-state index in [9.17, 15) is 14.4 Å². The van der Waals surface area contributed by atoms with Crippen molar-refractivity contribution in [1.29, 1.82) is 0 Å². The van der Waals surface area contributed by atoms with Gasteiger partial charge in [0, 0.05) is 13.0 Å². The Morgan fingerprint density at radius 3 is 2.41 bits per heavy atom. The van der Waals surface area contributed by atoms with Gasteiger partial charge in [-0.25, -0.2) is 0 Å². The first kappa shape index (κ1) is 30.6. The average Bonchev–Trinajstić information content (AvgIpc) is 2.93. The molecule has 0 saturated heterocycles. The second-order valence-corrected chi connectivity index (χ2v) is 12.8. The maximum Gasteiger partial charge on any atom is 0.246 e. The number of nitrogens with one attached hydrogen (secondary N) is 3. The minimum atomic E-state index is -0.812. The van der Waals surface area contributed by atoms with Crippen LogP contribution in [0.1, 0.15) is 82.7 Å². The minimum absolute atomic E-state index is 0.0147. The van der Waals surface area contributed by atoms with Gasteiger partial charge in [-0.15, -0.1) is 0 Å². The Morgan fingerprint density at radius 1 is 1.00 bits per heavy atom. The topological polar surface area (TPSA) is 99.8 Å². The van der Waals surface area contributed by atoms with Crippen molar-refractivity contribution in [2.45, 2.75) is 104 Å². The summed E-state index contributed by atoms with van der Waals surface area (Å²) in [5.41, 5.74) is 3.81. The molecule has 3 amide bonds. The van der Waals surface area contributed by atoms with Crippen molar-refractivity contribution in [2.24, 2.45) is 5.41 Å². The summed E-state index contributed by atoms with van der Waals surface area (Å²) >= 11 is 0. The van der Waals surface area contributed by atoms with Gasteiger partial charge in [-0.2, -0.15) is 0 Å². The summed E-state index contributed by atoms with van der Waals surface area (Å²) in [6.45, 7) is 11.8. The molecule has 1 aliphatic heterocycles. The molecule has 3 N–H and O–H groups in total. The van der Waals surface area contributed by atoms with Gasteiger partial charge >= 0.3 is 0 Å². The Morgan fingerprint density at radius 2 is 1.73 bits per heavy atom. The second kappa shape index (κ2) is 12.6. The standard InChI is InChI=1S/C33H46N4O4/c1-20(2)41-25-16-15-23-18-28(31(39)35-27-14-10-12-22-11-8-9-13-26(22)27)37(19-24(23)17-25)32(40)29(33(4,5)6)36-30(38)21(3)34-7/h8-9,11,13,15-17,20-21,27-29,34H,10,12,14,18-19H2,1-7H3,(H,35,39)(H,36,38)/t21-,27?,28-,29+/m0/s1. The fraction of sp³-hybridized carbons (Fsp3) is 0.545. The summed E-state index contributed by atoms with van der Waals surface area (Å²) in [6, 6.07) is 12.1. The molecule has 0 radical (unpaired) electrons. The zero-order valence-corrected chi connectivity index (χ0v) is 25.5. The molecule has 2 aliphatic rings. The molecule has 0 aromatic heterocycles. The molecule has 8 nitrogen and oxygen atoms in total. The van der Waals surface area contributed by atoms with Crippen LogP contribution in [-0.2, 0) is 33.8 Å². The molecular weight excluding hydrogens is 516 g/mol. The van der Waals surface area contributed by atoms with Crippen LogP contribution >= 0.6 is 0 Å². The molecular formula is C33H46N4O4. The normalized spacial score (nSPS) is 20.0. The minimum Gasteiger partial charge on any atom is -0.491 e. The third-order valence-corrected chi connectivity index (χ3v) is 8.18. The van der Waals surface area contributed by atoms with Gasteiger partial charge in [0.15, 0.2) is 0 Å². The molecule has 0 spiro atoms. The van der Waals surface area contributed by atoms with Crippen molar-refractivity contribution < 1.29 is 19.1 Å². The fourth-order valence-corrected chi connectivity index (χ4v) is 5.76. The Hall–Kier alpha value is -3.39. The number of rotatable bonds is 8. The van der Waals surface area contributed by atoms with E-state index in [1.807, 2.05) is 65.0 Å². The quantitative estimate of drug-likeness (QED) is 0.451. The Balaban J connectivity index is 1.67. The second-order valence-electron chi connectivity index (χ2n) is 12.8. The Bertz CT molecular complexity index is 1270. The largest absolute Gasteiger partial charge is 0.491 e. The van der Waals surface area contributed by atoms with Crippen LogP contribution in [0.25, 0.3) is 0 Å². The third-order valence-electron chi connectivity index (χ3n) is 8.18. The highest BCUT2D eigenvalue weighted by molar-refractivity contribution is 5.94. The first-order chi connectivity index (χ1) is 19.4. The van der Waals surface area contributed by atoms with Crippen LogP contribution in [0.3, 0.4) is 0 Å². The highest BCUT2D eigenvalue weighted by Crippen LogP contribution is 2.33. The zero-order chi connectivity index (χ0) is 29.9. The summed E-state index contributed by atoms with van der Waals surface area (Å²) in [6.07, 6.45) is 3.27. The number of carbonyl (C=O) groups is 3. The lowest BCUT2D eigenvalue weighted by Crippen LogP contribution is -2.62. The van der Waals surface area contributed by atoms with Gasteiger partial charge in [-0.3, -0.25) is 14.4 Å². The summed E-state index contributed by atoms with van der Waals surface area (Å²) in [4.78, 5) is 43.0. The van der Waals surface area contributed by atoms with Gasteiger partial charge in [0.05, 0.1) is 18.2 Å². The Labute approximate surface area is 244 Å². The van der Waals surface area contributed by atoms with Crippen molar-refractivity contribution in [2.75, 3.05) is 7.05 Å². The molecule has 41 heavy (non-hydrogen) atoms. The number of benzene rings is 2. The summed E-state index contributed by atoms with van der Waals surface area (Å²) in [7, 11) is 1.71. The number of carbonyl (C=O) groups excluding carboxylic acids is 3.